The molecule has 0 atom stereocenters. The molecule has 0 unspecified atom stereocenters. The number of hydrogen-bond donors (Lipinski definition) is 1. The van der Waals surface area contributed by atoms with Gasteiger partial charge in [-0.25, -0.2) is 9.78 Å². The minimum Gasteiger partial charge on any atom is -0.465 e. The lowest BCUT2D eigenvalue weighted by Gasteiger charge is -2.01. The Labute approximate surface area is 99.2 Å². The van der Waals surface area contributed by atoms with E-state index in [-0.39, 0.29) is 11.1 Å². The van der Waals surface area contributed by atoms with Crippen LogP contribution in [0, 0.1) is 11.3 Å². The van der Waals surface area contributed by atoms with Crippen LogP contribution in [0.3, 0.4) is 0 Å². The topological polar surface area (TPSA) is 78.8 Å². The molecule has 1 aromatic heterocycles. The van der Waals surface area contributed by atoms with E-state index in [1.165, 1.54) is 7.11 Å². The Kier molecular flexibility index (Phi) is 2.62. The average molecular weight is 280 g/mol. The molecule has 0 saturated heterocycles. The second-order valence-corrected chi connectivity index (χ2v) is 3.80. The third-order valence-corrected chi connectivity index (χ3v) is 2.49. The first kappa shape index (κ1) is 10.6. The van der Waals surface area contributed by atoms with E-state index in [2.05, 4.69) is 30.6 Å². The number of aromatic amines is 1. The predicted molar refractivity (Wildman–Crippen MR) is 59.8 cm³/mol. The highest BCUT2D eigenvalue weighted by molar-refractivity contribution is 9.10. The van der Waals surface area contributed by atoms with Gasteiger partial charge in [0, 0.05) is 0 Å². The van der Waals surface area contributed by atoms with Crippen LogP contribution in [-0.2, 0) is 4.74 Å². The van der Waals surface area contributed by atoms with Crippen molar-refractivity contribution in [3.8, 4) is 6.07 Å². The molecular formula is C10H6BrN3O2. The van der Waals surface area contributed by atoms with Crippen LogP contribution in [-0.4, -0.2) is 23.0 Å². The van der Waals surface area contributed by atoms with Crippen LogP contribution in [0.4, 0.5) is 0 Å². The number of nitriles is 1. The number of methoxy groups -OCH3 is 1. The Morgan fingerprint density at radius 1 is 1.62 bits per heavy atom. The molecule has 0 aliphatic carbocycles. The number of esters is 1. The molecule has 0 radical (unpaired) electrons. The summed E-state index contributed by atoms with van der Waals surface area (Å²) < 4.78 is 5.15. The zero-order chi connectivity index (χ0) is 11.7. The molecule has 0 saturated carbocycles. The van der Waals surface area contributed by atoms with Gasteiger partial charge in [0.15, 0.2) is 4.73 Å². The maximum absolute atomic E-state index is 11.4. The first-order valence-corrected chi connectivity index (χ1v) is 5.12. The molecule has 1 aromatic carbocycles. The summed E-state index contributed by atoms with van der Waals surface area (Å²) in [4.78, 5) is 18.4. The van der Waals surface area contributed by atoms with Crippen molar-refractivity contribution in [3.05, 3.63) is 28.0 Å². The molecule has 0 aliphatic heterocycles. The van der Waals surface area contributed by atoms with Gasteiger partial charge >= 0.3 is 5.97 Å². The van der Waals surface area contributed by atoms with Crippen molar-refractivity contribution >= 4 is 32.9 Å². The summed E-state index contributed by atoms with van der Waals surface area (Å²) in [5.74, 6) is -0.538. The Hall–Kier alpha value is -1.87. The van der Waals surface area contributed by atoms with Crippen LogP contribution < -0.4 is 0 Å². The van der Waals surface area contributed by atoms with Crippen molar-refractivity contribution < 1.29 is 9.53 Å². The van der Waals surface area contributed by atoms with Crippen molar-refractivity contribution in [1.29, 1.82) is 5.26 Å². The number of benzene rings is 1. The number of ether oxygens (including phenoxy) is 1. The van der Waals surface area contributed by atoms with E-state index in [4.69, 9.17) is 5.26 Å². The van der Waals surface area contributed by atoms with Crippen molar-refractivity contribution in [3.63, 3.8) is 0 Å². The van der Waals surface area contributed by atoms with Crippen molar-refractivity contribution in [2.75, 3.05) is 7.11 Å². The number of fused-ring (bicyclic) bond motifs is 1. The minimum absolute atomic E-state index is 0.230. The summed E-state index contributed by atoms with van der Waals surface area (Å²) in [6.45, 7) is 0. The minimum atomic E-state index is -0.538. The molecule has 2 rings (SSSR count). The van der Waals surface area contributed by atoms with Gasteiger partial charge in [-0.2, -0.15) is 5.26 Å². The van der Waals surface area contributed by atoms with Gasteiger partial charge in [0.05, 0.1) is 29.3 Å². The van der Waals surface area contributed by atoms with Gasteiger partial charge in [-0.15, -0.1) is 0 Å². The highest BCUT2D eigenvalue weighted by Gasteiger charge is 2.14. The summed E-state index contributed by atoms with van der Waals surface area (Å²) in [5, 5.41) is 8.92. The van der Waals surface area contributed by atoms with Crippen LogP contribution in [0.25, 0.3) is 11.0 Å². The number of hydrogen-bond acceptors (Lipinski definition) is 4. The molecule has 6 heteroatoms. The predicted octanol–water partition coefficient (Wildman–Crippen LogP) is 1.98. The van der Waals surface area contributed by atoms with E-state index in [1.807, 2.05) is 6.07 Å². The van der Waals surface area contributed by atoms with Crippen molar-refractivity contribution in [1.82, 2.24) is 9.97 Å². The second kappa shape index (κ2) is 3.94. The molecule has 0 fully saturated rings. The number of halogens is 1. The lowest BCUT2D eigenvalue weighted by Crippen LogP contribution is -2.04. The number of nitrogens with zero attached hydrogens (tertiary/aromatic N) is 2. The quantitative estimate of drug-likeness (QED) is 0.810. The maximum Gasteiger partial charge on any atom is 0.339 e. The molecule has 80 valence electrons. The zero-order valence-electron chi connectivity index (χ0n) is 8.24. The normalized spacial score (nSPS) is 10.1. The van der Waals surface area contributed by atoms with E-state index in [9.17, 15) is 4.79 Å². The third kappa shape index (κ3) is 1.66. The molecule has 0 amide bonds. The van der Waals surface area contributed by atoms with Gasteiger partial charge in [-0.05, 0) is 28.1 Å². The van der Waals surface area contributed by atoms with Crippen LogP contribution in [0.1, 0.15) is 15.9 Å². The lowest BCUT2D eigenvalue weighted by molar-refractivity contribution is 0.0600. The molecule has 1 N–H and O–H groups in total. The molecule has 0 spiro atoms. The third-order valence-electron chi connectivity index (χ3n) is 2.12. The fourth-order valence-electron chi connectivity index (χ4n) is 1.40. The largest absolute Gasteiger partial charge is 0.465 e. The molecule has 0 aliphatic rings. The van der Waals surface area contributed by atoms with Gasteiger partial charge in [0.2, 0.25) is 0 Å². The molecular weight excluding hydrogens is 274 g/mol. The first-order chi connectivity index (χ1) is 7.65. The van der Waals surface area contributed by atoms with E-state index < -0.39 is 5.97 Å². The van der Waals surface area contributed by atoms with Crippen LogP contribution in [0.2, 0.25) is 0 Å². The summed E-state index contributed by atoms with van der Waals surface area (Å²) in [6.07, 6.45) is 0. The zero-order valence-corrected chi connectivity index (χ0v) is 9.83. The van der Waals surface area contributed by atoms with Crippen molar-refractivity contribution in [2.45, 2.75) is 0 Å². The summed E-state index contributed by atoms with van der Waals surface area (Å²) in [7, 11) is 1.27. The molecule has 5 nitrogen and oxygen atoms in total. The second-order valence-electron chi connectivity index (χ2n) is 3.05. The lowest BCUT2D eigenvalue weighted by atomic mass is 10.1. The van der Waals surface area contributed by atoms with E-state index in [0.717, 1.165) is 0 Å². The summed E-state index contributed by atoms with van der Waals surface area (Å²) >= 11 is 3.18. The summed E-state index contributed by atoms with van der Waals surface area (Å²) in [5.41, 5.74) is 1.77. The van der Waals surface area contributed by atoms with Crippen LogP contribution in [0.5, 0.6) is 0 Å². The average Bonchev–Trinajstić information content (AvgIpc) is 2.65. The number of aromatic nitrogens is 2. The maximum atomic E-state index is 11.4. The molecule has 2 aromatic rings. The Bertz CT molecular complexity index is 612. The van der Waals surface area contributed by atoms with Crippen molar-refractivity contribution in [2.24, 2.45) is 0 Å². The Balaban J connectivity index is 2.72. The Morgan fingerprint density at radius 2 is 2.38 bits per heavy atom. The highest BCUT2D eigenvalue weighted by atomic mass is 79.9. The van der Waals surface area contributed by atoms with Gasteiger partial charge in [0.25, 0.3) is 0 Å². The number of imidazole rings is 1. The SMILES string of the molecule is COC(=O)c1cc2[nH]c(Br)nc2cc1C#N. The molecule has 1 heterocycles. The summed E-state index contributed by atoms with van der Waals surface area (Å²) in [6, 6.07) is 5.04. The number of rotatable bonds is 1. The fourth-order valence-corrected chi connectivity index (χ4v) is 1.80. The Morgan fingerprint density at radius 3 is 3.00 bits per heavy atom. The number of carbonyl (C=O) groups is 1. The van der Waals surface area contributed by atoms with E-state index in [0.29, 0.717) is 15.8 Å². The fraction of sp³-hybridized carbons (Fsp3) is 0.100. The van der Waals surface area contributed by atoms with Gasteiger partial charge in [-0.1, -0.05) is 0 Å². The van der Waals surface area contributed by atoms with Gasteiger partial charge in [-0.3, -0.25) is 0 Å². The van der Waals surface area contributed by atoms with E-state index in [1.54, 1.807) is 12.1 Å². The van der Waals surface area contributed by atoms with Gasteiger partial charge in [0.1, 0.15) is 6.07 Å². The number of nitrogens with one attached hydrogen (secondary N) is 1. The monoisotopic (exact) mass is 279 g/mol. The number of carbonyl (C=O) groups excluding carboxylic acids is 1. The highest BCUT2D eigenvalue weighted by Crippen LogP contribution is 2.20. The molecule has 0 bridgehead atoms. The number of H-pyrrole nitrogens is 1. The van der Waals surface area contributed by atoms with E-state index >= 15 is 0 Å². The standard InChI is InChI=1S/C10H6BrN3O2/c1-16-9(15)6-3-8-7(2-5(6)4-12)13-10(11)14-8/h2-3H,1H3,(H,13,14). The smallest absolute Gasteiger partial charge is 0.339 e. The van der Waals surface area contributed by atoms with Gasteiger partial charge < -0.3 is 9.72 Å². The first-order valence-electron chi connectivity index (χ1n) is 4.33. The molecule has 16 heavy (non-hydrogen) atoms. The van der Waals surface area contributed by atoms with Crippen LogP contribution >= 0.6 is 15.9 Å². The van der Waals surface area contributed by atoms with Crippen LogP contribution in [0.15, 0.2) is 16.9 Å².